The lowest BCUT2D eigenvalue weighted by Gasteiger charge is -2.26. The van der Waals surface area contributed by atoms with Crippen LogP contribution in [-0.4, -0.2) is 45.8 Å². The zero-order chi connectivity index (χ0) is 16.4. The summed E-state index contributed by atoms with van der Waals surface area (Å²) in [5.41, 5.74) is 5.25. The molecule has 4 N–H and O–H groups in total. The summed E-state index contributed by atoms with van der Waals surface area (Å²) >= 11 is 0. The van der Waals surface area contributed by atoms with Crippen LogP contribution in [-0.2, 0) is 14.2 Å². The summed E-state index contributed by atoms with van der Waals surface area (Å²) in [4.78, 5) is 18.4. The quantitative estimate of drug-likeness (QED) is 0.706. The molecule has 4 heterocycles. The van der Waals surface area contributed by atoms with E-state index in [1.54, 1.807) is 6.92 Å². The molecule has 23 heavy (non-hydrogen) atoms. The van der Waals surface area contributed by atoms with E-state index >= 15 is 0 Å². The van der Waals surface area contributed by atoms with Gasteiger partial charge in [0.05, 0.1) is 12.9 Å². The number of nitrogens with one attached hydrogen (secondary N) is 1. The van der Waals surface area contributed by atoms with Gasteiger partial charge in [0.15, 0.2) is 6.29 Å². The molecule has 9 nitrogen and oxygen atoms in total. The van der Waals surface area contributed by atoms with Gasteiger partial charge in [0, 0.05) is 5.56 Å². The fraction of sp³-hybridized carbons (Fsp3) is 0.571. The molecule has 2 aliphatic heterocycles. The highest BCUT2D eigenvalue weighted by atomic mass is 16.8. The van der Waals surface area contributed by atoms with Gasteiger partial charge in [-0.1, -0.05) is 0 Å². The number of hydrogen-bond acceptors (Lipinski definition) is 8. The third-order valence-electron chi connectivity index (χ3n) is 4.43. The molecule has 9 heteroatoms. The first-order valence-electron chi connectivity index (χ1n) is 7.30. The van der Waals surface area contributed by atoms with Crippen LogP contribution in [0.2, 0.25) is 0 Å². The number of anilines is 1. The Bertz CT molecular complexity index is 816. The van der Waals surface area contributed by atoms with Crippen molar-refractivity contribution in [2.45, 2.75) is 44.1 Å². The van der Waals surface area contributed by atoms with Gasteiger partial charge in [0.25, 0.3) is 5.56 Å². The number of furan rings is 1. The number of fused-ring (bicyclic) bond motifs is 2. The Kier molecular flexibility index (Phi) is 3.04. The number of aromatic nitrogens is 2. The van der Waals surface area contributed by atoms with Crippen molar-refractivity contribution in [1.82, 2.24) is 9.97 Å². The van der Waals surface area contributed by atoms with E-state index in [1.807, 2.05) is 6.92 Å². The average molecular weight is 323 g/mol. The molecule has 5 atom stereocenters. The normalized spacial score (nSPS) is 36.7. The summed E-state index contributed by atoms with van der Waals surface area (Å²) in [5.74, 6) is -0.0134. The minimum Gasteiger partial charge on any atom is -0.456 e. The van der Waals surface area contributed by atoms with Crippen molar-refractivity contribution in [1.29, 1.82) is 0 Å². The molecule has 1 unspecified atom stereocenters. The lowest BCUT2D eigenvalue weighted by molar-refractivity contribution is -0.146. The van der Waals surface area contributed by atoms with Crippen LogP contribution in [0.25, 0.3) is 11.1 Å². The molecule has 0 saturated carbocycles. The van der Waals surface area contributed by atoms with Crippen LogP contribution < -0.4 is 11.3 Å². The van der Waals surface area contributed by atoms with Crippen molar-refractivity contribution in [2.75, 3.05) is 12.3 Å². The van der Waals surface area contributed by atoms with E-state index in [4.69, 9.17) is 24.4 Å². The van der Waals surface area contributed by atoms with Gasteiger partial charge in [-0.2, -0.15) is 0 Å². The Balaban J connectivity index is 1.86. The molecule has 2 aromatic rings. The molecular weight excluding hydrogens is 306 g/mol. The number of aliphatic hydroxyl groups is 1. The Morgan fingerprint density at radius 2 is 2.26 bits per heavy atom. The zero-order valence-electron chi connectivity index (χ0n) is 12.6. The molecule has 124 valence electrons. The first kappa shape index (κ1) is 14.6. The van der Waals surface area contributed by atoms with E-state index in [0.717, 1.165) is 0 Å². The lowest BCUT2D eigenvalue weighted by Crippen LogP contribution is -2.40. The fourth-order valence-electron chi connectivity index (χ4n) is 3.51. The second-order valence-electron chi connectivity index (χ2n) is 5.98. The topological polar surface area (TPSA) is 133 Å². The highest BCUT2D eigenvalue weighted by molar-refractivity contribution is 5.77. The van der Waals surface area contributed by atoms with E-state index in [2.05, 4.69) is 9.97 Å². The molecule has 0 bridgehead atoms. The Labute approximate surface area is 130 Å². The molecule has 0 radical (unpaired) electrons. The number of H-pyrrole nitrogens is 1. The summed E-state index contributed by atoms with van der Waals surface area (Å²) in [7, 11) is 0. The third kappa shape index (κ3) is 1.94. The Hall–Kier alpha value is -1.94. The highest BCUT2D eigenvalue weighted by Gasteiger charge is 2.61. The molecule has 0 amide bonds. The summed E-state index contributed by atoms with van der Waals surface area (Å²) in [5, 5.41) is 9.56. The fourth-order valence-corrected chi connectivity index (χ4v) is 3.51. The van der Waals surface area contributed by atoms with E-state index in [9.17, 15) is 9.90 Å². The zero-order valence-corrected chi connectivity index (χ0v) is 12.6. The van der Waals surface area contributed by atoms with Gasteiger partial charge in [-0.05, 0) is 13.8 Å². The predicted octanol–water partition coefficient (Wildman–Crippen LogP) is 0.0506. The minimum absolute atomic E-state index is 0.0134. The Morgan fingerprint density at radius 1 is 1.48 bits per heavy atom. The van der Waals surface area contributed by atoms with Crippen molar-refractivity contribution in [3.63, 3.8) is 0 Å². The number of rotatable bonds is 2. The first-order chi connectivity index (χ1) is 10.9. The van der Waals surface area contributed by atoms with Crippen LogP contribution >= 0.6 is 0 Å². The Morgan fingerprint density at radius 3 is 3.00 bits per heavy atom. The summed E-state index contributed by atoms with van der Waals surface area (Å²) in [6.45, 7) is 3.42. The molecule has 2 aliphatic rings. The molecule has 2 fully saturated rings. The number of hydrogen-bond donors (Lipinski definition) is 3. The van der Waals surface area contributed by atoms with Crippen LogP contribution in [0.5, 0.6) is 0 Å². The number of nitrogens with two attached hydrogens (primary N) is 1. The molecule has 0 spiro atoms. The summed E-state index contributed by atoms with van der Waals surface area (Å²) in [6, 6.07) is 0. The van der Waals surface area contributed by atoms with Crippen molar-refractivity contribution in [3.8, 4) is 0 Å². The van der Waals surface area contributed by atoms with Gasteiger partial charge in [0.2, 0.25) is 11.5 Å². The lowest BCUT2D eigenvalue weighted by atomic mass is 9.89. The van der Waals surface area contributed by atoms with Gasteiger partial charge >= 0.3 is 0 Å². The number of nitrogen functional groups attached to an aromatic ring is 1. The van der Waals surface area contributed by atoms with E-state index in [1.165, 1.54) is 6.26 Å². The number of ether oxygens (including phenoxy) is 3. The van der Waals surface area contributed by atoms with Gasteiger partial charge in [-0.15, -0.1) is 0 Å². The second kappa shape index (κ2) is 4.78. The minimum atomic E-state index is -0.831. The van der Waals surface area contributed by atoms with Crippen molar-refractivity contribution < 1.29 is 23.7 Å². The molecule has 0 aliphatic carbocycles. The maximum Gasteiger partial charge on any atom is 0.295 e. The average Bonchev–Trinajstić information content (AvgIpc) is 3.08. The van der Waals surface area contributed by atoms with Crippen LogP contribution in [0.15, 0.2) is 15.5 Å². The summed E-state index contributed by atoms with van der Waals surface area (Å²) < 4.78 is 22.9. The molecule has 2 saturated heterocycles. The monoisotopic (exact) mass is 323 g/mol. The molecular formula is C14H17N3O6. The van der Waals surface area contributed by atoms with Crippen molar-refractivity contribution in [2.24, 2.45) is 0 Å². The van der Waals surface area contributed by atoms with E-state index < -0.39 is 35.8 Å². The van der Waals surface area contributed by atoms with Gasteiger partial charge in [-0.3, -0.25) is 9.78 Å². The van der Waals surface area contributed by atoms with Gasteiger partial charge in [-0.25, -0.2) is 4.98 Å². The number of nitrogens with zero attached hydrogens (tertiary/aromatic N) is 1. The smallest absolute Gasteiger partial charge is 0.295 e. The standard InChI is InChI=1S/C14H17N3O6/c1-5-21-11-7(3-18)22-10(14(11,2)23-5)6-4-20-9-8(6)16-13(15)17-12(9)19/h4-5,7,10-11,18H,3H2,1-2H3,(H3,15,16,17,19)/t5?,7-,10+,11-,14+/m1/s1. The van der Waals surface area contributed by atoms with Crippen LogP contribution in [0, 0.1) is 0 Å². The third-order valence-corrected chi connectivity index (χ3v) is 4.43. The van der Waals surface area contributed by atoms with Crippen molar-refractivity contribution in [3.05, 3.63) is 22.2 Å². The largest absolute Gasteiger partial charge is 0.456 e. The summed E-state index contributed by atoms with van der Waals surface area (Å²) in [6.07, 6.45) is -0.601. The maximum absolute atomic E-state index is 11.9. The number of aromatic amines is 1. The second-order valence-corrected chi connectivity index (χ2v) is 5.98. The maximum atomic E-state index is 11.9. The van der Waals surface area contributed by atoms with Crippen molar-refractivity contribution >= 4 is 17.0 Å². The first-order valence-corrected chi connectivity index (χ1v) is 7.30. The van der Waals surface area contributed by atoms with E-state index in [-0.39, 0.29) is 18.1 Å². The predicted molar refractivity (Wildman–Crippen MR) is 77.6 cm³/mol. The van der Waals surface area contributed by atoms with Crippen LogP contribution in [0.1, 0.15) is 25.5 Å². The van der Waals surface area contributed by atoms with Crippen LogP contribution in [0.4, 0.5) is 5.95 Å². The van der Waals surface area contributed by atoms with Gasteiger partial charge in [0.1, 0.15) is 29.4 Å². The molecule has 2 aromatic heterocycles. The molecule has 0 aromatic carbocycles. The highest BCUT2D eigenvalue weighted by Crippen LogP contribution is 2.51. The van der Waals surface area contributed by atoms with E-state index in [0.29, 0.717) is 11.1 Å². The number of aliphatic hydroxyl groups excluding tert-OH is 1. The SMILES string of the molecule is CC1O[C@@H]2[C@@H](CO)O[C@@H](c3coc4c(=O)[nH]c(N)nc34)[C@]2(C)O1. The van der Waals surface area contributed by atoms with Crippen LogP contribution in [0.3, 0.4) is 0 Å². The molecule has 4 rings (SSSR count). The van der Waals surface area contributed by atoms with Gasteiger partial charge < -0.3 is 29.5 Å².